The van der Waals surface area contributed by atoms with Gasteiger partial charge in [-0.15, -0.1) is 0 Å². The van der Waals surface area contributed by atoms with E-state index >= 15 is 0 Å². The smallest absolute Gasteiger partial charge is 0.207 e. The molecule has 1 aromatic rings. The summed E-state index contributed by atoms with van der Waals surface area (Å²) in [6, 6.07) is 3.93. The third-order valence-corrected chi connectivity index (χ3v) is 2.44. The van der Waals surface area contributed by atoms with E-state index in [1.807, 2.05) is 0 Å². The van der Waals surface area contributed by atoms with Crippen LogP contribution < -0.4 is 5.32 Å². The lowest BCUT2D eigenvalue weighted by molar-refractivity contribution is -0.109. The number of amides is 1. The van der Waals surface area contributed by atoms with Crippen LogP contribution in [-0.4, -0.2) is 12.5 Å². The van der Waals surface area contributed by atoms with Gasteiger partial charge in [0, 0.05) is 12.0 Å². The van der Waals surface area contributed by atoms with Crippen LogP contribution in [0.25, 0.3) is 0 Å². The molecule has 1 N–H and O–H groups in total. The topological polar surface area (TPSA) is 29.1 Å². The molecule has 0 unspecified atom stereocenters. The summed E-state index contributed by atoms with van der Waals surface area (Å²) in [5.41, 5.74) is 0.739. The van der Waals surface area contributed by atoms with Crippen LogP contribution in [0.4, 0.5) is 8.78 Å². The van der Waals surface area contributed by atoms with Crippen LogP contribution in [0, 0.1) is 11.6 Å². The Balaban J connectivity index is 2.12. The molecule has 0 saturated heterocycles. The van der Waals surface area contributed by atoms with Gasteiger partial charge in [-0.25, -0.2) is 8.78 Å². The van der Waals surface area contributed by atoms with Crippen LogP contribution in [0.1, 0.15) is 17.9 Å². The van der Waals surface area contributed by atoms with Gasteiger partial charge in [0.25, 0.3) is 0 Å². The Morgan fingerprint density at radius 2 is 2.14 bits per heavy atom. The van der Waals surface area contributed by atoms with E-state index < -0.39 is 11.6 Å². The predicted molar refractivity (Wildman–Crippen MR) is 46.7 cm³/mol. The molecule has 1 fully saturated rings. The number of hydrogen-bond acceptors (Lipinski definition) is 1. The van der Waals surface area contributed by atoms with E-state index in [1.165, 1.54) is 6.07 Å². The van der Waals surface area contributed by atoms with Crippen LogP contribution >= 0.6 is 0 Å². The van der Waals surface area contributed by atoms with Crippen molar-refractivity contribution in [1.82, 2.24) is 5.32 Å². The van der Waals surface area contributed by atoms with Gasteiger partial charge in [-0.2, -0.15) is 0 Å². The lowest BCUT2D eigenvalue weighted by Gasteiger charge is -2.00. The summed E-state index contributed by atoms with van der Waals surface area (Å²) in [6.45, 7) is 0. The van der Waals surface area contributed by atoms with Gasteiger partial charge in [0.05, 0.1) is 0 Å². The Bertz CT molecular complexity index is 367. The van der Waals surface area contributed by atoms with E-state index in [4.69, 9.17) is 0 Å². The summed E-state index contributed by atoms with van der Waals surface area (Å²) in [4.78, 5) is 10.1. The van der Waals surface area contributed by atoms with E-state index in [0.29, 0.717) is 6.41 Å². The predicted octanol–water partition coefficient (Wildman–Crippen LogP) is 1.57. The number of carbonyl (C=O) groups is 1. The largest absolute Gasteiger partial charge is 0.355 e. The highest BCUT2D eigenvalue weighted by Gasteiger charge is 2.38. The van der Waals surface area contributed by atoms with E-state index in [1.54, 1.807) is 6.07 Å². The van der Waals surface area contributed by atoms with Crippen molar-refractivity contribution in [3.05, 3.63) is 35.4 Å². The summed E-state index contributed by atoms with van der Waals surface area (Å²) in [6.07, 6.45) is 1.42. The second-order valence-electron chi connectivity index (χ2n) is 3.41. The molecule has 0 heterocycles. The molecule has 2 nitrogen and oxygen atoms in total. The number of hydrogen-bond donors (Lipinski definition) is 1. The molecular weight excluding hydrogens is 188 g/mol. The number of carbonyl (C=O) groups excluding carboxylic acids is 1. The van der Waals surface area contributed by atoms with E-state index in [0.717, 1.165) is 18.1 Å². The minimum atomic E-state index is -0.839. The first-order valence-corrected chi connectivity index (χ1v) is 4.37. The van der Waals surface area contributed by atoms with Crippen molar-refractivity contribution in [3.63, 3.8) is 0 Å². The molecule has 0 aromatic heterocycles. The molecule has 1 saturated carbocycles. The highest BCUT2D eigenvalue weighted by atomic mass is 19.2. The lowest BCUT2D eigenvalue weighted by Crippen LogP contribution is -2.14. The Labute approximate surface area is 79.9 Å². The molecule has 0 bridgehead atoms. The van der Waals surface area contributed by atoms with Crippen LogP contribution in [0.5, 0.6) is 0 Å². The van der Waals surface area contributed by atoms with E-state index in [2.05, 4.69) is 5.32 Å². The molecule has 1 aromatic carbocycles. The third kappa shape index (κ3) is 1.60. The molecule has 1 aliphatic carbocycles. The monoisotopic (exact) mass is 197 g/mol. The summed E-state index contributed by atoms with van der Waals surface area (Å²) in [5, 5.41) is 2.61. The Hall–Kier alpha value is -1.45. The first kappa shape index (κ1) is 9.12. The molecule has 1 aliphatic rings. The van der Waals surface area contributed by atoms with E-state index in [9.17, 15) is 13.6 Å². The molecule has 74 valence electrons. The Kier molecular flexibility index (Phi) is 2.19. The standard InChI is InChI=1S/C10H9F2NO/c11-8-2-1-6(3-9(8)12)7-4-10(7)13-5-14/h1-3,5,7,10H,4H2,(H,13,14)/t7-,10+/m1/s1. The maximum absolute atomic E-state index is 12.8. The minimum Gasteiger partial charge on any atom is -0.355 e. The first-order valence-electron chi connectivity index (χ1n) is 4.37. The van der Waals surface area contributed by atoms with Gasteiger partial charge in [-0.3, -0.25) is 4.79 Å². The highest BCUT2D eigenvalue weighted by molar-refractivity contribution is 5.49. The molecule has 2 atom stereocenters. The Morgan fingerprint density at radius 1 is 1.36 bits per heavy atom. The molecule has 0 radical (unpaired) electrons. The molecule has 0 spiro atoms. The quantitative estimate of drug-likeness (QED) is 0.732. The van der Waals surface area contributed by atoms with Gasteiger partial charge in [0.2, 0.25) is 6.41 Å². The summed E-state index contributed by atoms with van der Waals surface area (Å²) < 4.78 is 25.4. The van der Waals surface area contributed by atoms with Gasteiger partial charge in [-0.1, -0.05) is 6.07 Å². The zero-order valence-corrected chi connectivity index (χ0v) is 7.34. The van der Waals surface area contributed by atoms with Crippen LogP contribution in [0.15, 0.2) is 18.2 Å². The van der Waals surface area contributed by atoms with Crippen LogP contribution in [0.2, 0.25) is 0 Å². The van der Waals surface area contributed by atoms with Crippen molar-refractivity contribution in [2.75, 3.05) is 0 Å². The first-order chi connectivity index (χ1) is 6.72. The van der Waals surface area contributed by atoms with Crippen molar-refractivity contribution in [3.8, 4) is 0 Å². The van der Waals surface area contributed by atoms with Crippen molar-refractivity contribution >= 4 is 6.41 Å². The second-order valence-corrected chi connectivity index (χ2v) is 3.41. The average Bonchev–Trinajstić information content (AvgIpc) is 2.90. The van der Waals surface area contributed by atoms with Gasteiger partial charge in [0.15, 0.2) is 11.6 Å². The third-order valence-electron chi connectivity index (χ3n) is 2.44. The van der Waals surface area contributed by atoms with Crippen molar-refractivity contribution in [1.29, 1.82) is 0 Å². The van der Waals surface area contributed by atoms with Crippen LogP contribution in [0.3, 0.4) is 0 Å². The molecule has 2 rings (SSSR count). The molecule has 0 aliphatic heterocycles. The number of halogens is 2. The summed E-state index contributed by atoms with van der Waals surface area (Å²) >= 11 is 0. The summed E-state index contributed by atoms with van der Waals surface area (Å²) in [7, 11) is 0. The van der Waals surface area contributed by atoms with Gasteiger partial charge < -0.3 is 5.32 Å². The zero-order valence-electron chi connectivity index (χ0n) is 7.34. The fourth-order valence-electron chi connectivity index (χ4n) is 1.58. The van der Waals surface area contributed by atoms with E-state index in [-0.39, 0.29) is 12.0 Å². The molecule has 4 heteroatoms. The fourth-order valence-corrected chi connectivity index (χ4v) is 1.58. The van der Waals surface area contributed by atoms with Crippen LogP contribution in [-0.2, 0) is 4.79 Å². The lowest BCUT2D eigenvalue weighted by atomic mass is 10.1. The normalized spacial score (nSPS) is 24.4. The molecule has 14 heavy (non-hydrogen) atoms. The molecule has 1 amide bonds. The minimum absolute atomic E-state index is 0.0809. The van der Waals surface area contributed by atoms with Crippen molar-refractivity contribution < 1.29 is 13.6 Å². The second kappa shape index (κ2) is 3.36. The average molecular weight is 197 g/mol. The Morgan fingerprint density at radius 3 is 2.79 bits per heavy atom. The van der Waals surface area contributed by atoms with Gasteiger partial charge in [-0.05, 0) is 24.1 Å². The van der Waals surface area contributed by atoms with Gasteiger partial charge in [0.1, 0.15) is 0 Å². The number of benzene rings is 1. The SMILES string of the molecule is O=CN[C@H]1C[C@@H]1c1ccc(F)c(F)c1. The van der Waals surface area contributed by atoms with Gasteiger partial charge >= 0.3 is 0 Å². The summed E-state index contributed by atoms with van der Waals surface area (Å²) in [5.74, 6) is -1.54. The fraction of sp³-hybridized carbons (Fsp3) is 0.300. The highest BCUT2D eigenvalue weighted by Crippen LogP contribution is 2.40. The maximum Gasteiger partial charge on any atom is 0.207 e. The number of rotatable bonds is 3. The molecular formula is C10H9F2NO. The van der Waals surface area contributed by atoms with Crippen molar-refractivity contribution in [2.24, 2.45) is 0 Å². The maximum atomic E-state index is 12.8. The number of nitrogens with one attached hydrogen (secondary N) is 1. The van der Waals surface area contributed by atoms with Crippen molar-refractivity contribution in [2.45, 2.75) is 18.4 Å². The zero-order chi connectivity index (χ0) is 10.1.